The molecule has 0 atom stereocenters. The number of carboxylic acids is 1. The van der Waals surface area contributed by atoms with Gasteiger partial charge in [0.05, 0.1) is 10.8 Å². The summed E-state index contributed by atoms with van der Waals surface area (Å²) in [5.41, 5.74) is 2.13. The molecule has 5 nitrogen and oxygen atoms in total. The lowest BCUT2D eigenvalue weighted by molar-refractivity contribution is -0.134. The van der Waals surface area contributed by atoms with Crippen LogP contribution >= 0.6 is 11.8 Å². The third kappa shape index (κ3) is 2.75. The molecule has 0 aromatic heterocycles. The number of ketones is 1. The largest absolute Gasteiger partial charge is 0.477 e. The average molecular weight is 291 g/mol. The number of nitrogens with one attached hydrogen (secondary N) is 1. The summed E-state index contributed by atoms with van der Waals surface area (Å²) in [4.78, 5) is 34.5. The lowest BCUT2D eigenvalue weighted by Crippen LogP contribution is -2.23. The molecule has 2 rings (SSSR count). The van der Waals surface area contributed by atoms with Gasteiger partial charge in [-0.25, -0.2) is 4.79 Å². The van der Waals surface area contributed by atoms with Crippen LogP contribution in [0.5, 0.6) is 0 Å². The number of rotatable bonds is 3. The van der Waals surface area contributed by atoms with Crippen LogP contribution < -0.4 is 5.32 Å². The zero-order chi connectivity index (χ0) is 14.9. The standard InChI is InChI=1S/C14H13NO4S/c1-7-3-4-9(5-8(7)2)12(17)15-13-11(14(18)19)10(16)6-20-13/h3-5H,6H2,1-2H3,(H,15,17)(H,18,19). The zero-order valence-electron chi connectivity index (χ0n) is 11.0. The van der Waals surface area contributed by atoms with Gasteiger partial charge in [-0.15, -0.1) is 0 Å². The second-order valence-electron chi connectivity index (χ2n) is 4.47. The van der Waals surface area contributed by atoms with Gasteiger partial charge in [0.15, 0.2) is 5.78 Å². The van der Waals surface area contributed by atoms with Crippen molar-refractivity contribution in [3.8, 4) is 0 Å². The fourth-order valence-electron chi connectivity index (χ4n) is 1.78. The van der Waals surface area contributed by atoms with Crippen LogP contribution in [0.3, 0.4) is 0 Å². The molecule has 2 N–H and O–H groups in total. The molecule has 1 aliphatic heterocycles. The second-order valence-corrected chi connectivity index (χ2v) is 5.46. The van der Waals surface area contributed by atoms with E-state index in [2.05, 4.69) is 5.32 Å². The van der Waals surface area contributed by atoms with Crippen molar-refractivity contribution in [2.75, 3.05) is 5.75 Å². The van der Waals surface area contributed by atoms with Gasteiger partial charge in [0, 0.05) is 5.56 Å². The zero-order valence-corrected chi connectivity index (χ0v) is 11.8. The molecule has 104 valence electrons. The molecule has 1 heterocycles. The van der Waals surface area contributed by atoms with E-state index in [-0.39, 0.29) is 16.4 Å². The highest BCUT2D eigenvalue weighted by atomic mass is 32.2. The van der Waals surface area contributed by atoms with Gasteiger partial charge in [-0.05, 0) is 37.1 Å². The number of carbonyl (C=O) groups excluding carboxylic acids is 2. The van der Waals surface area contributed by atoms with Crippen LogP contribution in [0.15, 0.2) is 28.8 Å². The van der Waals surface area contributed by atoms with Crippen LogP contribution in [0.2, 0.25) is 0 Å². The lowest BCUT2D eigenvalue weighted by Gasteiger charge is -2.08. The van der Waals surface area contributed by atoms with Crippen molar-refractivity contribution in [2.45, 2.75) is 13.8 Å². The van der Waals surface area contributed by atoms with E-state index in [0.29, 0.717) is 5.56 Å². The number of carboxylic acid groups (broad SMARTS) is 1. The topological polar surface area (TPSA) is 83.5 Å². The number of amides is 1. The number of benzene rings is 1. The van der Waals surface area contributed by atoms with Crippen LogP contribution in [0, 0.1) is 13.8 Å². The Morgan fingerprint density at radius 3 is 2.55 bits per heavy atom. The van der Waals surface area contributed by atoms with E-state index in [0.717, 1.165) is 22.9 Å². The summed E-state index contributed by atoms with van der Waals surface area (Å²) in [6.07, 6.45) is 0. The van der Waals surface area contributed by atoms with Gasteiger partial charge in [-0.3, -0.25) is 9.59 Å². The van der Waals surface area contributed by atoms with Crippen LogP contribution in [0.1, 0.15) is 21.5 Å². The minimum Gasteiger partial charge on any atom is -0.477 e. The van der Waals surface area contributed by atoms with Gasteiger partial charge in [0.1, 0.15) is 5.57 Å². The molecule has 0 fully saturated rings. The Bertz CT molecular complexity index is 649. The number of hydrogen-bond acceptors (Lipinski definition) is 4. The molecule has 0 radical (unpaired) electrons. The van der Waals surface area contributed by atoms with Crippen molar-refractivity contribution in [1.82, 2.24) is 5.32 Å². The lowest BCUT2D eigenvalue weighted by atomic mass is 10.1. The smallest absolute Gasteiger partial charge is 0.342 e. The van der Waals surface area contributed by atoms with Crippen molar-refractivity contribution in [3.63, 3.8) is 0 Å². The van der Waals surface area contributed by atoms with Crippen molar-refractivity contribution in [1.29, 1.82) is 0 Å². The first-order valence-corrected chi connectivity index (χ1v) is 6.91. The SMILES string of the molecule is Cc1ccc(C(=O)NC2=C(C(=O)O)C(=O)CS2)cc1C. The summed E-state index contributed by atoms with van der Waals surface area (Å²) in [7, 11) is 0. The van der Waals surface area contributed by atoms with E-state index < -0.39 is 17.7 Å². The highest BCUT2D eigenvalue weighted by Gasteiger charge is 2.30. The normalized spacial score (nSPS) is 14.6. The summed E-state index contributed by atoms with van der Waals surface area (Å²) in [5.74, 6) is -2.15. The minimum atomic E-state index is -1.31. The molecule has 0 bridgehead atoms. The van der Waals surface area contributed by atoms with Crippen molar-refractivity contribution in [3.05, 3.63) is 45.5 Å². The Hall–Kier alpha value is -2.08. The summed E-state index contributed by atoms with van der Waals surface area (Å²) in [5, 5.41) is 11.6. The average Bonchev–Trinajstić information content (AvgIpc) is 2.73. The Morgan fingerprint density at radius 1 is 1.25 bits per heavy atom. The quantitative estimate of drug-likeness (QED) is 0.827. The van der Waals surface area contributed by atoms with Crippen LogP contribution in [0.25, 0.3) is 0 Å². The Balaban J connectivity index is 2.25. The number of aliphatic carboxylic acids is 1. The van der Waals surface area contributed by atoms with E-state index in [1.54, 1.807) is 12.1 Å². The van der Waals surface area contributed by atoms with Gasteiger partial charge < -0.3 is 10.4 Å². The molecule has 0 saturated heterocycles. The maximum absolute atomic E-state index is 12.1. The number of hydrogen-bond donors (Lipinski definition) is 2. The molecule has 1 amide bonds. The van der Waals surface area contributed by atoms with Crippen LogP contribution in [-0.2, 0) is 9.59 Å². The highest BCUT2D eigenvalue weighted by molar-refractivity contribution is 8.04. The molecule has 1 aromatic rings. The molecule has 0 spiro atoms. The fourth-order valence-corrected chi connectivity index (χ4v) is 2.71. The summed E-state index contributed by atoms with van der Waals surface area (Å²) in [6, 6.07) is 5.22. The number of Topliss-reactive ketones (excluding diaryl/α,β-unsaturated/α-hetero) is 1. The third-order valence-corrected chi connectivity index (χ3v) is 4.06. The first-order chi connectivity index (χ1) is 9.40. The molecule has 1 aliphatic rings. The molecule has 20 heavy (non-hydrogen) atoms. The third-order valence-electron chi connectivity index (χ3n) is 3.06. The number of carbonyl (C=O) groups is 3. The van der Waals surface area contributed by atoms with E-state index in [1.807, 2.05) is 19.9 Å². The predicted octanol–water partition coefficient (Wildman–Crippen LogP) is 1.65. The van der Waals surface area contributed by atoms with E-state index in [4.69, 9.17) is 5.11 Å². The number of aryl methyl sites for hydroxylation is 2. The molecular formula is C14H13NO4S. The monoisotopic (exact) mass is 291 g/mol. The molecule has 6 heteroatoms. The fraction of sp³-hybridized carbons (Fsp3) is 0.214. The Kier molecular flexibility index (Phi) is 3.94. The minimum absolute atomic E-state index is 0.0458. The number of thioether (sulfide) groups is 1. The van der Waals surface area contributed by atoms with E-state index in [1.165, 1.54) is 0 Å². The molecule has 0 aliphatic carbocycles. The van der Waals surface area contributed by atoms with Crippen molar-refractivity contribution < 1.29 is 19.5 Å². The Labute approximate surface area is 120 Å². The van der Waals surface area contributed by atoms with Gasteiger partial charge in [-0.1, -0.05) is 17.8 Å². The predicted molar refractivity (Wildman–Crippen MR) is 75.5 cm³/mol. The summed E-state index contributed by atoms with van der Waals surface area (Å²) >= 11 is 1.03. The first kappa shape index (κ1) is 14.3. The van der Waals surface area contributed by atoms with Gasteiger partial charge >= 0.3 is 5.97 Å². The first-order valence-electron chi connectivity index (χ1n) is 5.92. The van der Waals surface area contributed by atoms with Crippen LogP contribution in [-0.4, -0.2) is 28.5 Å². The molecule has 0 saturated carbocycles. The molecule has 1 aromatic carbocycles. The Morgan fingerprint density at radius 2 is 1.95 bits per heavy atom. The molecule has 0 unspecified atom stereocenters. The van der Waals surface area contributed by atoms with Gasteiger partial charge in [-0.2, -0.15) is 0 Å². The van der Waals surface area contributed by atoms with Gasteiger partial charge in [0.25, 0.3) is 5.91 Å². The maximum Gasteiger partial charge on any atom is 0.342 e. The van der Waals surface area contributed by atoms with Crippen molar-refractivity contribution >= 4 is 29.4 Å². The van der Waals surface area contributed by atoms with E-state index >= 15 is 0 Å². The highest BCUT2D eigenvalue weighted by Crippen LogP contribution is 2.27. The second kappa shape index (κ2) is 5.50. The van der Waals surface area contributed by atoms with Gasteiger partial charge in [0.2, 0.25) is 0 Å². The summed E-state index contributed by atoms with van der Waals surface area (Å²) < 4.78 is 0. The van der Waals surface area contributed by atoms with E-state index in [9.17, 15) is 14.4 Å². The summed E-state index contributed by atoms with van der Waals surface area (Å²) in [6.45, 7) is 3.83. The molecular weight excluding hydrogens is 278 g/mol. The maximum atomic E-state index is 12.1. The van der Waals surface area contributed by atoms with Crippen molar-refractivity contribution in [2.24, 2.45) is 0 Å². The van der Waals surface area contributed by atoms with Crippen LogP contribution in [0.4, 0.5) is 0 Å².